The van der Waals surface area contributed by atoms with E-state index < -0.39 is 0 Å². The summed E-state index contributed by atoms with van der Waals surface area (Å²) in [5, 5.41) is 0. The zero-order valence-electron chi connectivity index (χ0n) is 10.9. The van der Waals surface area contributed by atoms with E-state index in [1.807, 2.05) is 36.1 Å². The molecular formula is C15H21NO. The molecule has 0 aliphatic carbocycles. The van der Waals surface area contributed by atoms with Crippen molar-refractivity contribution in [1.29, 1.82) is 0 Å². The minimum atomic E-state index is 0.185. The maximum Gasteiger partial charge on any atom is 0.254 e. The molecule has 1 saturated heterocycles. The Morgan fingerprint density at radius 3 is 2.18 bits per heavy atom. The topological polar surface area (TPSA) is 20.3 Å². The predicted octanol–water partition coefficient (Wildman–Crippen LogP) is 3.40. The van der Waals surface area contributed by atoms with Crippen LogP contribution in [-0.4, -0.2) is 22.9 Å². The molecule has 0 unspecified atom stereocenters. The second kappa shape index (κ2) is 4.91. The molecule has 2 rings (SSSR count). The Morgan fingerprint density at radius 2 is 1.65 bits per heavy atom. The molecule has 1 amide bonds. The van der Waals surface area contributed by atoms with Gasteiger partial charge in [-0.05, 0) is 52.2 Å². The summed E-state index contributed by atoms with van der Waals surface area (Å²) in [6.07, 6.45) is 3.49. The van der Waals surface area contributed by atoms with Gasteiger partial charge in [-0.15, -0.1) is 0 Å². The van der Waals surface area contributed by atoms with Gasteiger partial charge in [-0.3, -0.25) is 4.79 Å². The van der Waals surface area contributed by atoms with Crippen LogP contribution in [0.5, 0.6) is 0 Å². The van der Waals surface area contributed by atoms with Gasteiger partial charge < -0.3 is 4.90 Å². The monoisotopic (exact) mass is 231 g/mol. The molecule has 17 heavy (non-hydrogen) atoms. The Morgan fingerprint density at radius 1 is 1.12 bits per heavy atom. The van der Waals surface area contributed by atoms with Crippen LogP contribution in [0.4, 0.5) is 0 Å². The normalized spacial score (nSPS) is 24.8. The summed E-state index contributed by atoms with van der Waals surface area (Å²) in [5.41, 5.74) is 2.01. The Bertz CT molecular complexity index is 386. The molecule has 2 heteroatoms. The van der Waals surface area contributed by atoms with Crippen molar-refractivity contribution in [2.75, 3.05) is 0 Å². The van der Waals surface area contributed by atoms with Crippen molar-refractivity contribution in [3.8, 4) is 0 Å². The van der Waals surface area contributed by atoms with Crippen LogP contribution in [0.2, 0.25) is 0 Å². The molecule has 92 valence electrons. The van der Waals surface area contributed by atoms with Gasteiger partial charge in [0.15, 0.2) is 0 Å². The molecule has 2 atom stereocenters. The van der Waals surface area contributed by atoms with Crippen molar-refractivity contribution in [3.05, 3.63) is 35.4 Å². The van der Waals surface area contributed by atoms with Crippen LogP contribution in [0.3, 0.4) is 0 Å². The molecule has 1 aromatic carbocycles. The smallest absolute Gasteiger partial charge is 0.254 e. The average molecular weight is 231 g/mol. The van der Waals surface area contributed by atoms with Gasteiger partial charge in [0.1, 0.15) is 0 Å². The first kappa shape index (κ1) is 12.2. The molecular weight excluding hydrogens is 210 g/mol. The summed E-state index contributed by atoms with van der Waals surface area (Å²) in [7, 11) is 0. The van der Waals surface area contributed by atoms with Crippen molar-refractivity contribution in [2.45, 2.75) is 52.1 Å². The molecule has 0 bridgehead atoms. The van der Waals surface area contributed by atoms with Crippen LogP contribution in [-0.2, 0) is 0 Å². The Kier molecular flexibility index (Phi) is 3.51. The highest BCUT2D eigenvalue weighted by molar-refractivity contribution is 5.94. The largest absolute Gasteiger partial charge is 0.333 e. The second-order valence-corrected chi connectivity index (χ2v) is 5.21. The minimum absolute atomic E-state index is 0.185. The Hall–Kier alpha value is -1.31. The van der Waals surface area contributed by atoms with Gasteiger partial charge in [0.25, 0.3) is 5.91 Å². The maximum absolute atomic E-state index is 12.5. The van der Waals surface area contributed by atoms with Gasteiger partial charge in [-0.25, -0.2) is 0 Å². The number of rotatable bonds is 1. The summed E-state index contributed by atoms with van der Waals surface area (Å²) >= 11 is 0. The Balaban J connectivity index is 2.20. The molecule has 1 aromatic rings. The number of likely N-dealkylation sites (tertiary alicyclic amines) is 1. The van der Waals surface area contributed by atoms with E-state index in [0.717, 1.165) is 18.4 Å². The fourth-order valence-corrected chi connectivity index (χ4v) is 2.67. The van der Waals surface area contributed by atoms with Gasteiger partial charge in [0.2, 0.25) is 0 Å². The molecule has 0 N–H and O–H groups in total. The maximum atomic E-state index is 12.5. The van der Waals surface area contributed by atoms with E-state index in [0.29, 0.717) is 12.1 Å². The number of aryl methyl sites for hydroxylation is 1. The van der Waals surface area contributed by atoms with Gasteiger partial charge in [-0.1, -0.05) is 17.7 Å². The highest BCUT2D eigenvalue weighted by atomic mass is 16.2. The highest BCUT2D eigenvalue weighted by Gasteiger charge is 2.29. The van der Waals surface area contributed by atoms with E-state index in [9.17, 15) is 4.79 Å². The number of hydrogen-bond donors (Lipinski definition) is 0. The van der Waals surface area contributed by atoms with Crippen LogP contribution >= 0.6 is 0 Å². The van der Waals surface area contributed by atoms with Crippen LogP contribution in [0, 0.1) is 6.92 Å². The number of amides is 1. The number of piperidine rings is 1. The lowest BCUT2D eigenvalue weighted by Crippen LogP contribution is -2.47. The number of nitrogens with zero attached hydrogens (tertiary/aromatic N) is 1. The van der Waals surface area contributed by atoms with E-state index in [-0.39, 0.29) is 5.91 Å². The standard InChI is InChI=1S/C15H21NO/c1-11-7-9-14(10-8-11)15(17)16-12(2)5-4-6-13(16)3/h7-10,12-13H,4-6H2,1-3H3/t12-,13-/m1/s1. The van der Waals surface area contributed by atoms with E-state index in [4.69, 9.17) is 0 Å². The summed E-state index contributed by atoms with van der Waals surface area (Å²) in [6.45, 7) is 6.35. The van der Waals surface area contributed by atoms with Gasteiger partial charge in [0.05, 0.1) is 0 Å². The molecule has 2 nitrogen and oxygen atoms in total. The Labute approximate surface area is 104 Å². The van der Waals surface area contributed by atoms with Gasteiger partial charge in [-0.2, -0.15) is 0 Å². The molecule has 0 saturated carbocycles. The van der Waals surface area contributed by atoms with Crippen LogP contribution < -0.4 is 0 Å². The van der Waals surface area contributed by atoms with Gasteiger partial charge >= 0.3 is 0 Å². The number of benzene rings is 1. The van der Waals surface area contributed by atoms with Crippen molar-refractivity contribution >= 4 is 5.91 Å². The highest BCUT2D eigenvalue weighted by Crippen LogP contribution is 2.24. The van der Waals surface area contributed by atoms with Crippen molar-refractivity contribution < 1.29 is 4.79 Å². The predicted molar refractivity (Wildman–Crippen MR) is 70.1 cm³/mol. The fraction of sp³-hybridized carbons (Fsp3) is 0.533. The summed E-state index contributed by atoms with van der Waals surface area (Å²) < 4.78 is 0. The third-order valence-electron chi connectivity index (χ3n) is 3.73. The SMILES string of the molecule is Cc1ccc(C(=O)N2[C@H](C)CCC[C@H]2C)cc1. The van der Waals surface area contributed by atoms with E-state index in [2.05, 4.69) is 13.8 Å². The van der Waals surface area contributed by atoms with Gasteiger partial charge in [0, 0.05) is 17.6 Å². The van der Waals surface area contributed by atoms with Crippen molar-refractivity contribution in [1.82, 2.24) is 4.90 Å². The molecule has 1 aliphatic heterocycles. The third-order valence-corrected chi connectivity index (χ3v) is 3.73. The zero-order valence-corrected chi connectivity index (χ0v) is 10.9. The lowest BCUT2D eigenvalue weighted by molar-refractivity contribution is 0.0511. The van der Waals surface area contributed by atoms with E-state index >= 15 is 0 Å². The van der Waals surface area contributed by atoms with E-state index in [1.165, 1.54) is 12.0 Å². The average Bonchev–Trinajstić information content (AvgIpc) is 2.29. The lowest BCUT2D eigenvalue weighted by Gasteiger charge is -2.39. The zero-order chi connectivity index (χ0) is 12.4. The molecule has 1 fully saturated rings. The summed E-state index contributed by atoms with van der Waals surface area (Å²) in [6, 6.07) is 8.62. The number of carbonyl (C=O) groups excluding carboxylic acids is 1. The first-order valence-electron chi connectivity index (χ1n) is 6.49. The summed E-state index contributed by atoms with van der Waals surface area (Å²) in [5.74, 6) is 0.185. The van der Waals surface area contributed by atoms with Crippen LogP contribution in [0.25, 0.3) is 0 Å². The number of carbonyl (C=O) groups is 1. The van der Waals surface area contributed by atoms with E-state index in [1.54, 1.807) is 0 Å². The third kappa shape index (κ3) is 2.51. The first-order chi connectivity index (χ1) is 8.09. The second-order valence-electron chi connectivity index (χ2n) is 5.21. The first-order valence-corrected chi connectivity index (χ1v) is 6.49. The fourth-order valence-electron chi connectivity index (χ4n) is 2.67. The minimum Gasteiger partial charge on any atom is -0.333 e. The van der Waals surface area contributed by atoms with Crippen LogP contribution in [0.1, 0.15) is 49.0 Å². The van der Waals surface area contributed by atoms with Crippen LogP contribution in [0.15, 0.2) is 24.3 Å². The van der Waals surface area contributed by atoms with Crippen molar-refractivity contribution in [2.24, 2.45) is 0 Å². The molecule has 0 radical (unpaired) electrons. The number of hydrogen-bond acceptors (Lipinski definition) is 1. The molecule has 1 heterocycles. The molecule has 0 spiro atoms. The van der Waals surface area contributed by atoms with Crippen molar-refractivity contribution in [3.63, 3.8) is 0 Å². The molecule has 0 aromatic heterocycles. The summed E-state index contributed by atoms with van der Waals surface area (Å²) in [4.78, 5) is 14.5. The molecule has 1 aliphatic rings. The lowest BCUT2D eigenvalue weighted by atomic mass is 9.96. The quantitative estimate of drug-likeness (QED) is 0.725.